The van der Waals surface area contributed by atoms with Gasteiger partial charge in [-0.3, -0.25) is 0 Å². The highest BCUT2D eigenvalue weighted by Gasteiger charge is 2.15. The molecule has 0 aliphatic carbocycles. The second kappa shape index (κ2) is 3.67. The van der Waals surface area contributed by atoms with E-state index < -0.39 is 0 Å². The average molecular weight is 196 g/mol. The summed E-state index contributed by atoms with van der Waals surface area (Å²) in [4.78, 5) is 1.53. The summed E-state index contributed by atoms with van der Waals surface area (Å²) < 4.78 is 0. The van der Waals surface area contributed by atoms with Crippen LogP contribution in [-0.2, 0) is 0 Å². The van der Waals surface area contributed by atoms with E-state index >= 15 is 0 Å². The molecule has 1 aliphatic rings. The van der Waals surface area contributed by atoms with Gasteiger partial charge in [0.05, 0.1) is 0 Å². The van der Waals surface area contributed by atoms with Crippen molar-refractivity contribution in [1.29, 1.82) is 0 Å². The summed E-state index contributed by atoms with van der Waals surface area (Å²) in [5.74, 6) is 1.21. The van der Waals surface area contributed by atoms with Gasteiger partial charge in [-0.2, -0.15) is 0 Å². The molecule has 2 rings (SSSR count). The molecule has 0 N–H and O–H groups in total. The Kier molecular flexibility index (Phi) is 2.57. The van der Waals surface area contributed by atoms with Crippen LogP contribution in [0.3, 0.4) is 0 Å². The number of allylic oxidation sites excluding steroid dienone is 1. The van der Waals surface area contributed by atoms with Gasteiger partial charge in [0.15, 0.2) is 0 Å². The summed E-state index contributed by atoms with van der Waals surface area (Å²) in [6, 6.07) is 4.39. The number of thioether (sulfide) groups is 1. The molecule has 12 heavy (non-hydrogen) atoms. The van der Waals surface area contributed by atoms with E-state index in [0.29, 0.717) is 0 Å². The molecule has 0 bridgehead atoms. The fraction of sp³-hybridized carbons (Fsp3) is 0.400. The van der Waals surface area contributed by atoms with E-state index in [0.717, 1.165) is 5.25 Å². The van der Waals surface area contributed by atoms with Gasteiger partial charge in [0, 0.05) is 15.9 Å². The molecule has 0 saturated carbocycles. The van der Waals surface area contributed by atoms with Gasteiger partial charge in [-0.05, 0) is 24.8 Å². The molecule has 1 aromatic heterocycles. The molecule has 0 fully saturated rings. The lowest BCUT2D eigenvalue weighted by molar-refractivity contribution is 0.965. The van der Waals surface area contributed by atoms with Crippen LogP contribution in [0, 0.1) is 0 Å². The molecule has 0 radical (unpaired) electrons. The summed E-state index contributed by atoms with van der Waals surface area (Å²) in [7, 11) is 0. The number of rotatable bonds is 1. The van der Waals surface area contributed by atoms with E-state index in [4.69, 9.17) is 0 Å². The van der Waals surface area contributed by atoms with E-state index in [9.17, 15) is 0 Å². The third-order valence-electron chi connectivity index (χ3n) is 2.05. The monoisotopic (exact) mass is 196 g/mol. The fourth-order valence-corrected chi connectivity index (χ4v) is 3.49. The molecule has 1 aliphatic heterocycles. The van der Waals surface area contributed by atoms with Crippen molar-refractivity contribution in [3.63, 3.8) is 0 Å². The second-order valence-electron chi connectivity index (χ2n) is 3.10. The third kappa shape index (κ3) is 1.75. The molecular weight excluding hydrogens is 184 g/mol. The van der Waals surface area contributed by atoms with Crippen LogP contribution < -0.4 is 0 Å². The molecule has 0 saturated heterocycles. The lowest BCUT2D eigenvalue weighted by Crippen LogP contribution is -1.98. The van der Waals surface area contributed by atoms with Crippen LogP contribution in [0.25, 0.3) is 0 Å². The quantitative estimate of drug-likeness (QED) is 0.614. The predicted molar refractivity (Wildman–Crippen MR) is 57.9 cm³/mol. The van der Waals surface area contributed by atoms with Crippen molar-refractivity contribution in [2.75, 3.05) is 5.75 Å². The van der Waals surface area contributed by atoms with Crippen LogP contribution in [0.15, 0.2) is 29.2 Å². The van der Waals surface area contributed by atoms with Crippen molar-refractivity contribution < 1.29 is 0 Å². The zero-order valence-corrected chi connectivity index (χ0v) is 8.75. The number of hydrogen-bond donors (Lipinski definition) is 0. The predicted octanol–water partition coefficient (Wildman–Crippen LogP) is 3.87. The topological polar surface area (TPSA) is 0 Å². The van der Waals surface area contributed by atoms with E-state index in [1.807, 2.05) is 11.3 Å². The Labute approximate surface area is 81.7 Å². The van der Waals surface area contributed by atoms with Crippen molar-refractivity contribution in [2.45, 2.75) is 18.6 Å². The van der Waals surface area contributed by atoms with Crippen LogP contribution in [0.4, 0.5) is 0 Å². The highest BCUT2D eigenvalue weighted by Crippen LogP contribution is 2.39. The van der Waals surface area contributed by atoms with E-state index in [-0.39, 0.29) is 0 Å². The zero-order chi connectivity index (χ0) is 8.39. The minimum absolute atomic E-state index is 0.730. The molecular formula is C10H12S2. The van der Waals surface area contributed by atoms with Gasteiger partial charge >= 0.3 is 0 Å². The van der Waals surface area contributed by atoms with Crippen molar-refractivity contribution >= 4 is 23.1 Å². The van der Waals surface area contributed by atoms with Crippen LogP contribution in [0.2, 0.25) is 0 Å². The molecule has 0 nitrogen and oxygen atoms in total. The van der Waals surface area contributed by atoms with E-state index in [1.165, 1.54) is 22.6 Å². The van der Waals surface area contributed by atoms with Crippen LogP contribution in [0.1, 0.15) is 23.5 Å². The first kappa shape index (κ1) is 8.39. The first-order valence-electron chi connectivity index (χ1n) is 4.17. The maximum absolute atomic E-state index is 2.38. The SMILES string of the molecule is CC1=CCC(c2cccs2)SC1. The van der Waals surface area contributed by atoms with Crippen molar-refractivity contribution in [3.8, 4) is 0 Å². The first-order valence-corrected chi connectivity index (χ1v) is 6.10. The van der Waals surface area contributed by atoms with Gasteiger partial charge in [0.1, 0.15) is 0 Å². The molecule has 1 aromatic rings. The maximum Gasteiger partial charge on any atom is 0.0428 e. The minimum atomic E-state index is 0.730. The summed E-state index contributed by atoms with van der Waals surface area (Å²) in [6.07, 6.45) is 3.60. The average Bonchev–Trinajstić information content (AvgIpc) is 2.58. The van der Waals surface area contributed by atoms with Gasteiger partial charge in [-0.15, -0.1) is 23.1 Å². The molecule has 0 amide bonds. The Morgan fingerprint density at radius 2 is 2.42 bits per heavy atom. The van der Waals surface area contributed by atoms with Crippen LogP contribution in [-0.4, -0.2) is 5.75 Å². The smallest absolute Gasteiger partial charge is 0.0428 e. The van der Waals surface area contributed by atoms with Crippen molar-refractivity contribution in [2.24, 2.45) is 0 Å². The van der Waals surface area contributed by atoms with Gasteiger partial charge in [0.25, 0.3) is 0 Å². The van der Waals surface area contributed by atoms with Gasteiger partial charge in [-0.25, -0.2) is 0 Å². The Bertz CT molecular complexity index is 272. The molecule has 1 atom stereocenters. The Morgan fingerprint density at radius 3 is 3.00 bits per heavy atom. The van der Waals surface area contributed by atoms with Crippen molar-refractivity contribution in [1.82, 2.24) is 0 Å². The Balaban J connectivity index is 2.09. The van der Waals surface area contributed by atoms with Gasteiger partial charge in [0.2, 0.25) is 0 Å². The van der Waals surface area contributed by atoms with Gasteiger partial charge < -0.3 is 0 Å². The summed E-state index contributed by atoms with van der Waals surface area (Å²) in [5, 5.41) is 2.90. The standard InChI is InChI=1S/C10H12S2/c1-8-4-5-10(12-7-8)9-3-2-6-11-9/h2-4,6,10H,5,7H2,1H3. The molecule has 2 heterocycles. The highest BCUT2D eigenvalue weighted by molar-refractivity contribution is 7.99. The summed E-state index contributed by atoms with van der Waals surface area (Å²) in [5.41, 5.74) is 1.54. The van der Waals surface area contributed by atoms with E-state index in [2.05, 4.69) is 42.3 Å². The van der Waals surface area contributed by atoms with E-state index in [1.54, 1.807) is 0 Å². The Morgan fingerprint density at radius 1 is 1.50 bits per heavy atom. The van der Waals surface area contributed by atoms with Crippen LogP contribution in [0.5, 0.6) is 0 Å². The normalized spacial score (nSPS) is 23.8. The Hall–Kier alpha value is -0.210. The highest BCUT2D eigenvalue weighted by atomic mass is 32.2. The largest absolute Gasteiger partial charge is 0.148 e. The summed E-state index contributed by atoms with van der Waals surface area (Å²) >= 11 is 3.95. The third-order valence-corrected chi connectivity index (χ3v) is 4.66. The molecule has 64 valence electrons. The lowest BCUT2D eigenvalue weighted by atomic mass is 10.2. The fourth-order valence-electron chi connectivity index (χ4n) is 1.34. The lowest BCUT2D eigenvalue weighted by Gasteiger charge is -2.18. The zero-order valence-electron chi connectivity index (χ0n) is 7.12. The summed E-state index contributed by atoms with van der Waals surface area (Å²) in [6.45, 7) is 2.22. The number of thiophene rings is 1. The van der Waals surface area contributed by atoms with Crippen molar-refractivity contribution in [3.05, 3.63) is 34.0 Å². The molecule has 2 heteroatoms. The molecule has 0 aromatic carbocycles. The second-order valence-corrected chi connectivity index (χ2v) is 5.27. The minimum Gasteiger partial charge on any atom is -0.148 e. The number of hydrogen-bond acceptors (Lipinski definition) is 2. The maximum atomic E-state index is 2.38. The van der Waals surface area contributed by atoms with Gasteiger partial charge in [-0.1, -0.05) is 17.7 Å². The first-order chi connectivity index (χ1) is 5.86. The molecule has 1 unspecified atom stereocenters. The molecule has 0 spiro atoms. The van der Waals surface area contributed by atoms with Crippen LogP contribution >= 0.6 is 23.1 Å².